The summed E-state index contributed by atoms with van der Waals surface area (Å²) >= 11 is 0. The fourth-order valence-corrected chi connectivity index (χ4v) is 3.74. The van der Waals surface area contributed by atoms with Gasteiger partial charge in [0.2, 0.25) is 0 Å². The second-order valence-corrected chi connectivity index (χ2v) is 7.55. The van der Waals surface area contributed by atoms with Gasteiger partial charge in [-0.3, -0.25) is 4.79 Å². The Balaban J connectivity index is 1.48. The van der Waals surface area contributed by atoms with Crippen LogP contribution in [-0.4, -0.2) is 45.7 Å². The summed E-state index contributed by atoms with van der Waals surface area (Å²) in [6.07, 6.45) is 0.898. The van der Waals surface area contributed by atoms with Gasteiger partial charge in [-0.15, -0.1) is 0 Å². The smallest absolute Gasteiger partial charge is 0.275 e. The number of piperazine rings is 1. The van der Waals surface area contributed by atoms with Crippen molar-refractivity contribution in [2.45, 2.75) is 26.3 Å². The van der Waals surface area contributed by atoms with Crippen LogP contribution in [0.15, 0.2) is 48.5 Å². The van der Waals surface area contributed by atoms with E-state index in [1.54, 1.807) is 7.11 Å². The quantitative estimate of drug-likeness (QED) is 0.770. The largest absolute Gasteiger partial charge is 0.497 e. The molecule has 2 aromatic carbocycles. The molecule has 5 heteroatoms. The lowest BCUT2D eigenvalue weighted by Gasteiger charge is -2.33. The molecule has 1 atom stereocenters. The first-order valence-electron chi connectivity index (χ1n) is 10.2. The lowest BCUT2D eigenvalue weighted by atomic mass is 10.0. The highest BCUT2D eigenvalue weighted by atomic mass is 16.5. The van der Waals surface area contributed by atoms with Gasteiger partial charge in [0.05, 0.1) is 39.3 Å². The number of hydrogen-bond acceptors (Lipinski definition) is 3. The molecule has 2 N–H and O–H groups in total. The standard InChI is InChI=1S/C23H31N3O2/c1-4-22(19-7-5-18(2)6-8-19)24-23(27)17-25-13-15-26(16-14-25)20-9-11-21(28-3)12-10-20/h5-12,22H,4,13-17H2,1-3H3,(H,24,27)/p+1/t22-/m0/s1. The number of rotatable bonds is 7. The third-order valence-corrected chi connectivity index (χ3v) is 5.54. The Hall–Kier alpha value is -2.53. The maximum atomic E-state index is 12.6. The van der Waals surface area contributed by atoms with Crippen molar-refractivity contribution in [3.8, 4) is 5.75 Å². The number of nitrogens with zero attached hydrogens (tertiary/aromatic N) is 1. The molecule has 3 rings (SSSR count). The average molecular weight is 383 g/mol. The van der Waals surface area contributed by atoms with Crippen molar-refractivity contribution in [1.29, 1.82) is 0 Å². The SMILES string of the molecule is CC[C@H](NC(=O)C[NH+]1CCN(c2ccc(OC)cc2)CC1)c1ccc(C)cc1. The molecule has 1 heterocycles. The number of anilines is 1. The number of ether oxygens (including phenoxy) is 1. The predicted octanol–water partition coefficient (Wildman–Crippen LogP) is 1.98. The highest BCUT2D eigenvalue weighted by Gasteiger charge is 2.23. The Morgan fingerprint density at radius 3 is 2.32 bits per heavy atom. The van der Waals surface area contributed by atoms with Gasteiger partial charge in [-0.25, -0.2) is 0 Å². The van der Waals surface area contributed by atoms with Crippen molar-refractivity contribution in [3.05, 3.63) is 59.7 Å². The van der Waals surface area contributed by atoms with Gasteiger partial charge in [0.15, 0.2) is 6.54 Å². The number of nitrogens with one attached hydrogen (secondary N) is 2. The zero-order valence-electron chi connectivity index (χ0n) is 17.2. The predicted molar refractivity (Wildman–Crippen MR) is 113 cm³/mol. The monoisotopic (exact) mass is 382 g/mol. The van der Waals surface area contributed by atoms with Crippen molar-refractivity contribution >= 4 is 11.6 Å². The zero-order chi connectivity index (χ0) is 19.9. The summed E-state index contributed by atoms with van der Waals surface area (Å²) in [5, 5.41) is 3.22. The molecular formula is C23H32N3O2+. The van der Waals surface area contributed by atoms with Gasteiger partial charge in [-0.1, -0.05) is 36.8 Å². The molecule has 1 amide bonds. The van der Waals surface area contributed by atoms with E-state index in [1.807, 2.05) is 12.1 Å². The Labute approximate surface area is 168 Å². The van der Waals surface area contributed by atoms with Crippen LogP contribution in [0.25, 0.3) is 0 Å². The van der Waals surface area contributed by atoms with Gasteiger partial charge >= 0.3 is 0 Å². The molecule has 28 heavy (non-hydrogen) atoms. The third-order valence-electron chi connectivity index (χ3n) is 5.54. The second kappa shape index (κ2) is 9.60. The van der Waals surface area contributed by atoms with Gasteiger partial charge in [0.25, 0.3) is 5.91 Å². The van der Waals surface area contributed by atoms with E-state index in [-0.39, 0.29) is 11.9 Å². The number of methoxy groups -OCH3 is 1. The molecule has 0 saturated carbocycles. The molecule has 1 fully saturated rings. The maximum Gasteiger partial charge on any atom is 0.275 e. The molecule has 0 spiro atoms. The van der Waals surface area contributed by atoms with Crippen LogP contribution >= 0.6 is 0 Å². The van der Waals surface area contributed by atoms with Crippen LogP contribution < -0.4 is 19.9 Å². The Morgan fingerprint density at radius 1 is 1.11 bits per heavy atom. The number of carbonyl (C=O) groups is 1. The number of quaternary nitrogens is 1. The van der Waals surface area contributed by atoms with Crippen LogP contribution in [0.1, 0.15) is 30.5 Å². The number of aryl methyl sites for hydroxylation is 1. The Morgan fingerprint density at radius 2 is 1.75 bits per heavy atom. The summed E-state index contributed by atoms with van der Waals surface area (Å²) in [5.41, 5.74) is 3.64. The summed E-state index contributed by atoms with van der Waals surface area (Å²) < 4.78 is 5.23. The summed E-state index contributed by atoms with van der Waals surface area (Å²) in [6, 6.07) is 16.7. The molecular weight excluding hydrogens is 350 g/mol. The molecule has 1 aliphatic heterocycles. The number of carbonyl (C=O) groups excluding carboxylic acids is 1. The van der Waals surface area contributed by atoms with Crippen LogP contribution in [0.2, 0.25) is 0 Å². The second-order valence-electron chi connectivity index (χ2n) is 7.55. The van der Waals surface area contributed by atoms with E-state index < -0.39 is 0 Å². The third kappa shape index (κ3) is 5.26. The van der Waals surface area contributed by atoms with Crippen LogP contribution in [0.3, 0.4) is 0 Å². The minimum Gasteiger partial charge on any atom is -0.497 e. The van der Waals surface area contributed by atoms with E-state index in [0.717, 1.165) is 38.3 Å². The van der Waals surface area contributed by atoms with Crippen LogP contribution in [0.5, 0.6) is 5.75 Å². The van der Waals surface area contributed by atoms with E-state index in [0.29, 0.717) is 6.54 Å². The van der Waals surface area contributed by atoms with Gasteiger partial charge in [-0.05, 0) is 43.2 Å². The van der Waals surface area contributed by atoms with Crippen molar-refractivity contribution in [2.24, 2.45) is 0 Å². The molecule has 5 nitrogen and oxygen atoms in total. The summed E-state index contributed by atoms with van der Waals surface area (Å²) in [6.45, 7) is 8.61. The summed E-state index contributed by atoms with van der Waals surface area (Å²) in [5.74, 6) is 1.02. The molecule has 0 aromatic heterocycles. The molecule has 2 aromatic rings. The van der Waals surface area contributed by atoms with Gasteiger partial charge in [0, 0.05) is 5.69 Å². The van der Waals surface area contributed by atoms with Crippen molar-refractivity contribution in [1.82, 2.24) is 5.32 Å². The first-order valence-corrected chi connectivity index (χ1v) is 10.2. The van der Waals surface area contributed by atoms with Crippen LogP contribution in [0.4, 0.5) is 5.69 Å². The van der Waals surface area contributed by atoms with Crippen LogP contribution in [0, 0.1) is 6.92 Å². The molecule has 0 bridgehead atoms. The lowest BCUT2D eigenvalue weighted by Crippen LogP contribution is -3.16. The average Bonchev–Trinajstić information content (AvgIpc) is 2.73. The summed E-state index contributed by atoms with van der Waals surface area (Å²) in [7, 11) is 1.68. The van der Waals surface area contributed by atoms with E-state index in [4.69, 9.17) is 4.74 Å². The fraction of sp³-hybridized carbons (Fsp3) is 0.435. The van der Waals surface area contributed by atoms with E-state index in [9.17, 15) is 4.79 Å². The molecule has 150 valence electrons. The molecule has 0 unspecified atom stereocenters. The van der Waals surface area contributed by atoms with Gasteiger partial charge in [0.1, 0.15) is 5.75 Å². The van der Waals surface area contributed by atoms with Gasteiger partial charge in [-0.2, -0.15) is 0 Å². The molecule has 0 aliphatic carbocycles. The van der Waals surface area contributed by atoms with E-state index in [2.05, 4.69) is 60.5 Å². The number of benzene rings is 2. The maximum absolute atomic E-state index is 12.6. The van der Waals surface area contributed by atoms with Crippen molar-refractivity contribution < 1.29 is 14.4 Å². The number of amides is 1. The molecule has 1 aliphatic rings. The van der Waals surface area contributed by atoms with Crippen molar-refractivity contribution in [3.63, 3.8) is 0 Å². The zero-order valence-corrected chi connectivity index (χ0v) is 17.2. The highest BCUT2D eigenvalue weighted by Crippen LogP contribution is 2.19. The highest BCUT2D eigenvalue weighted by molar-refractivity contribution is 5.77. The molecule has 0 radical (unpaired) electrons. The first kappa shape index (κ1) is 20.2. The van der Waals surface area contributed by atoms with Gasteiger partial charge < -0.3 is 19.9 Å². The van der Waals surface area contributed by atoms with E-state index in [1.165, 1.54) is 21.7 Å². The topological polar surface area (TPSA) is 46.0 Å². The van der Waals surface area contributed by atoms with E-state index >= 15 is 0 Å². The first-order chi connectivity index (χ1) is 13.6. The van der Waals surface area contributed by atoms with Crippen LogP contribution in [-0.2, 0) is 4.79 Å². The minimum atomic E-state index is 0.0908. The Bertz CT molecular complexity index is 750. The Kier molecular flexibility index (Phi) is 6.93. The lowest BCUT2D eigenvalue weighted by molar-refractivity contribution is -0.892. The number of hydrogen-bond donors (Lipinski definition) is 2. The normalized spacial score (nSPS) is 15.9. The molecule has 1 saturated heterocycles. The van der Waals surface area contributed by atoms with Crippen molar-refractivity contribution in [2.75, 3.05) is 44.7 Å². The minimum absolute atomic E-state index is 0.0908. The fourth-order valence-electron chi connectivity index (χ4n) is 3.74. The summed E-state index contributed by atoms with van der Waals surface area (Å²) in [4.78, 5) is 16.3.